The van der Waals surface area contributed by atoms with Gasteiger partial charge in [-0.1, -0.05) is 24.3 Å². The van der Waals surface area contributed by atoms with Crippen LogP contribution in [-0.2, 0) is 17.9 Å². The van der Waals surface area contributed by atoms with Crippen LogP contribution in [0.1, 0.15) is 18.1 Å². The molecule has 0 aromatic heterocycles. The molecule has 0 fully saturated rings. The number of likely N-dealkylation sites (N-methyl/N-ethyl adjacent to an activating group) is 1. The normalized spacial score (nSPS) is 13.6. The number of benzene rings is 2. The summed E-state index contributed by atoms with van der Waals surface area (Å²) in [5.41, 5.74) is -2.64. The van der Waals surface area contributed by atoms with Gasteiger partial charge in [0.1, 0.15) is 18.4 Å². The molecular formula is C20H23F3N2O3S. The lowest BCUT2D eigenvalue weighted by molar-refractivity contribution is -0.125. The van der Waals surface area contributed by atoms with Gasteiger partial charge >= 0.3 is 5.51 Å². The van der Waals surface area contributed by atoms with Crippen molar-refractivity contribution in [2.45, 2.75) is 42.6 Å². The monoisotopic (exact) mass is 428 g/mol. The summed E-state index contributed by atoms with van der Waals surface area (Å²) in [4.78, 5) is 11.9. The molecule has 2 atom stereocenters. The lowest BCUT2D eigenvalue weighted by Crippen LogP contribution is -2.49. The Morgan fingerprint density at radius 1 is 1.10 bits per heavy atom. The van der Waals surface area contributed by atoms with Gasteiger partial charge in [0.25, 0.3) is 0 Å². The third kappa shape index (κ3) is 7.96. The van der Waals surface area contributed by atoms with Crippen LogP contribution in [0.4, 0.5) is 13.2 Å². The van der Waals surface area contributed by atoms with E-state index < -0.39 is 17.7 Å². The fourth-order valence-corrected chi connectivity index (χ4v) is 3.06. The van der Waals surface area contributed by atoms with Crippen molar-refractivity contribution in [1.29, 1.82) is 0 Å². The quantitative estimate of drug-likeness (QED) is 0.534. The van der Waals surface area contributed by atoms with Crippen LogP contribution in [0.25, 0.3) is 0 Å². The predicted molar refractivity (Wildman–Crippen MR) is 106 cm³/mol. The van der Waals surface area contributed by atoms with Gasteiger partial charge in [0.2, 0.25) is 5.91 Å². The van der Waals surface area contributed by atoms with E-state index in [2.05, 4.69) is 10.6 Å². The zero-order valence-corrected chi connectivity index (χ0v) is 16.8. The maximum atomic E-state index is 12.3. The van der Waals surface area contributed by atoms with Gasteiger partial charge in [-0.25, -0.2) is 0 Å². The lowest BCUT2D eigenvalue weighted by atomic mass is 10.1. The zero-order chi connectivity index (χ0) is 21.4. The zero-order valence-electron chi connectivity index (χ0n) is 16.0. The number of carbonyl (C=O) groups is 1. The summed E-state index contributed by atoms with van der Waals surface area (Å²) in [6.45, 7) is 2.16. The van der Waals surface area contributed by atoms with Gasteiger partial charge in [-0.2, -0.15) is 13.2 Å². The Balaban J connectivity index is 1.85. The highest BCUT2D eigenvalue weighted by atomic mass is 32.2. The van der Waals surface area contributed by atoms with Crippen molar-refractivity contribution in [3.05, 3.63) is 59.7 Å². The molecule has 2 rings (SSSR count). The molecule has 0 saturated carbocycles. The van der Waals surface area contributed by atoms with E-state index in [1.165, 1.54) is 26.1 Å². The third-order valence-corrected chi connectivity index (χ3v) is 4.76. The second-order valence-corrected chi connectivity index (χ2v) is 7.48. The Morgan fingerprint density at radius 3 is 2.21 bits per heavy atom. The number of halogens is 3. The molecule has 0 spiro atoms. The molecule has 158 valence electrons. The van der Waals surface area contributed by atoms with Crippen molar-refractivity contribution >= 4 is 17.7 Å². The summed E-state index contributed by atoms with van der Waals surface area (Å²) in [6.07, 6.45) is -0.835. The van der Waals surface area contributed by atoms with Crippen LogP contribution < -0.4 is 15.4 Å². The van der Waals surface area contributed by atoms with Gasteiger partial charge in [-0.3, -0.25) is 10.1 Å². The number of hydrogen-bond acceptors (Lipinski definition) is 5. The lowest BCUT2D eigenvalue weighted by Gasteiger charge is -2.20. The summed E-state index contributed by atoms with van der Waals surface area (Å²) >= 11 is -0.151. The van der Waals surface area contributed by atoms with Crippen LogP contribution in [0.5, 0.6) is 5.75 Å². The average molecular weight is 428 g/mol. The van der Waals surface area contributed by atoms with E-state index in [0.29, 0.717) is 12.3 Å². The van der Waals surface area contributed by atoms with Gasteiger partial charge in [-0.15, -0.1) is 0 Å². The van der Waals surface area contributed by atoms with Crippen LogP contribution in [0, 0.1) is 0 Å². The van der Waals surface area contributed by atoms with Crippen LogP contribution in [0.3, 0.4) is 0 Å². The molecule has 0 aliphatic rings. The molecule has 1 unspecified atom stereocenters. The van der Waals surface area contributed by atoms with E-state index in [-0.39, 0.29) is 29.2 Å². The first-order valence-electron chi connectivity index (χ1n) is 8.87. The van der Waals surface area contributed by atoms with Crippen molar-refractivity contribution in [3.63, 3.8) is 0 Å². The summed E-state index contributed by atoms with van der Waals surface area (Å²) in [5.74, 6) is 0.320. The summed E-state index contributed by atoms with van der Waals surface area (Å²) in [6, 6.07) is 12.5. The van der Waals surface area contributed by atoms with Crippen LogP contribution >= 0.6 is 11.8 Å². The van der Waals surface area contributed by atoms with Crippen molar-refractivity contribution in [2.24, 2.45) is 0 Å². The molecule has 1 amide bonds. The Labute approximate surface area is 171 Å². The van der Waals surface area contributed by atoms with E-state index in [1.54, 1.807) is 24.3 Å². The Bertz CT molecular complexity index is 781. The first kappa shape index (κ1) is 23.1. The third-order valence-electron chi connectivity index (χ3n) is 4.02. The average Bonchev–Trinajstić information content (AvgIpc) is 2.67. The standard InChI is InChI=1S/C20H23F3N2O3S/c1-13(26)18(19(27)24-2)25-11-14-3-7-16(8-4-14)28-12-15-5-9-17(10-6-15)29-20(21,22)23/h3-10,13,18,25-26H,11-12H2,1-2H3,(H,24,27)/t13-,18?/m0/s1. The molecule has 0 heterocycles. The number of alkyl halides is 3. The second-order valence-electron chi connectivity index (χ2n) is 6.34. The van der Waals surface area contributed by atoms with Crippen molar-refractivity contribution in [1.82, 2.24) is 10.6 Å². The van der Waals surface area contributed by atoms with Crippen LogP contribution in [0.2, 0.25) is 0 Å². The molecule has 0 saturated heterocycles. The van der Waals surface area contributed by atoms with E-state index in [4.69, 9.17) is 4.74 Å². The van der Waals surface area contributed by atoms with Crippen molar-refractivity contribution < 1.29 is 27.8 Å². The fourth-order valence-electron chi connectivity index (χ4n) is 2.52. The van der Waals surface area contributed by atoms with Gasteiger partial charge in [-0.05, 0) is 54.1 Å². The maximum absolute atomic E-state index is 12.3. The number of rotatable bonds is 9. The number of nitrogens with one attached hydrogen (secondary N) is 2. The van der Waals surface area contributed by atoms with Gasteiger partial charge in [0, 0.05) is 18.5 Å². The minimum atomic E-state index is -4.30. The Kier molecular flexibility index (Phi) is 8.36. The van der Waals surface area contributed by atoms with E-state index in [1.807, 2.05) is 12.1 Å². The largest absolute Gasteiger partial charge is 0.489 e. The predicted octanol–water partition coefficient (Wildman–Crippen LogP) is 3.46. The molecule has 2 aromatic carbocycles. The topological polar surface area (TPSA) is 70.6 Å². The Hall–Kier alpha value is -2.23. The summed E-state index contributed by atoms with van der Waals surface area (Å²) in [7, 11) is 1.51. The minimum absolute atomic E-state index is 0.130. The van der Waals surface area contributed by atoms with Gasteiger partial charge in [0.15, 0.2) is 0 Å². The number of aliphatic hydroxyl groups is 1. The molecule has 9 heteroatoms. The van der Waals surface area contributed by atoms with Crippen LogP contribution in [0.15, 0.2) is 53.4 Å². The smallest absolute Gasteiger partial charge is 0.446 e. The first-order valence-corrected chi connectivity index (χ1v) is 9.69. The van der Waals surface area contributed by atoms with E-state index in [0.717, 1.165) is 11.1 Å². The van der Waals surface area contributed by atoms with Crippen LogP contribution in [-0.4, -0.2) is 35.7 Å². The molecule has 2 aromatic rings. The molecule has 3 N–H and O–H groups in total. The summed E-state index contributed by atoms with van der Waals surface area (Å²) in [5, 5.41) is 15.2. The summed E-state index contributed by atoms with van der Waals surface area (Å²) < 4.78 is 42.7. The molecule has 29 heavy (non-hydrogen) atoms. The number of hydrogen-bond donors (Lipinski definition) is 3. The highest BCUT2D eigenvalue weighted by molar-refractivity contribution is 8.00. The van der Waals surface area contributed by atoms with Crippen molar-refractivity contribution in [3.8, 4) is 5.75 Å². The minimum Gasteiger partial charge on any atom is -0.489 e. The number of carbonyl (C=O) groups excluding carboxylic acids is 1. The molecule has 5 nitrogen and oxygen atoms in total. The van der Waals surface area contributed by atoms with E-state index >= 15 is 0 Å². The highest BCUT2D eigenvalue weighted by Gasteiger charge is 2.29. The van der Waals surface area contributed by atoms with Crippen molar-refractivity contribution in [2.75, 3.05) is 7.05 Å². The fraction of sp³-hybridized carbons (Fsp3) is 0.350. The molecule has 0 radical (unpaired) electrons. The van der Waals surface area contributed by atoms with Gasteiger partial charge in [0.05, 0.1) is 6.10 Å². The molecule has 0 bridgehead atoms. The highest BCUT2D eigenvalue weighted by Crippen LogP contribution is 2.36. The number of thioether (sulfide) groups is 1. The Morgan fingerprint density at radius 2 is 1.69 bits per heavy atom. The second kappa shape index (κ2) is 10.5. The maximum Gasteiger partial charge on any atom is 0.446 e. The molecule has 0 aliphatic heterocycles. The number of aliphatic hydroxyl groups excluding tert-OH is 1. The number of ether oxygens (including phenoxy) is 1. The first-order chi connectivity index (χ1) is 13.7. The SMILES string of the molecule is CNC(=O)C(NCc1ccc(OCc2ccc(SC(F)(F)F)cc2)cc1)[C@H](C)O. The molecular weight excluding hydrogens is 405 g/mol. The number of amides is 1. The van der Waals surface area contributed by atoms with Gasteiger partial charge < -0.3 is 15.2 Å². The van der Waals surface area contributed by atoms with E-state index in [9.17, 15) is 23.1 Å². The molecule has 0 aliphatic carbocycles.